The molecule has 0 radical (unpaired) electrons. The van der Waals surface area contributed by atoms with Crippen LogP contribution in [0, 0.1) is 0 Å². The Morgan fingerprint density at radius 1 is 1.73 bits per heavy atom. The Bertz CT molecular complexity index is 242. The van der Waals surface area contributed by atoms with Gasteiger partial charge in [-0.1, -0.05) is 6.08 Å². The lowest BCUT2D eigenvalue weighted by atomic mass is 10.3. The first kappa shape index (κ1) is 8.30. The van der Waals surface area contributed by atoms with E-state index in [9.17, 15) is 5.11 Å². The number of thiophene rings is 1. The number of rotatable bonds is 3. The Morgan fingerprint density at radius 2 is 2.45 bits per heavy atom. The van der Waals surface area contributed by atoms with Gasteiger partial charge in [-0.05, 0) is 12.1 Å². The monoisotopic (exact) mass is 170 g/mol. The van der Waals surface area contributed by atoms with Crippen LogP contribution < -0.4 is 4.74 Å². The van der Waals surface area contributed by atoms with E-state index in [0.29, 0.717) is 0 Å². The highest BCUT2D eigenvalue weighted by molar-refractivity contribution is 7.13. The number of aliphatic hydroxyl groups excluding tert-OH is 1. The van der Waals surface area contributed by atoms with Crippen molar-refractivity contribution in [3.8, 4) is 5.06 Å². The molecule has 0 aliphatic carbocycles. The molecule has 0 aliphatic heterocycles. The average Bonchev–Trinajstić information content (AvgIpc) is 2.50. The molecule has 2 nitrogen and oxygen atoms in total. The van der Waals surface area contributed by atoms with Gasteiger partial charge in [-0.3, -0.25) is 0 Å². The maximum Gasteiger partial charge on any atom is 0.173 e. The third-order valence-corrected chi connectivity index (χ3v) is 2.44. The molecule has 0 bridgehead atoms. The lowest BCUT2D eigenvalue weighted by molar-refractivity contribution is 0.233. The molecule has 60 valence electrons. The molecule has 0 saturated heterocycles. The molecule has 1 atom stereocenters. The highest BCUT2D eigenvalue weighted by Gasteiger charge is 2.05. The Balaban J connectivity index is 2.79. The normalized spacial score (nSPS) is 12.5. The van der Waals surface area contributed by atoms with Gasteiger partial charge in [-0.15, -0.1) is 17.9 Å². The highest BCUT2D eigenvalue weighted by atomic mass is 32.1. The van der Waals surface area contributed by atoms with Crippen molar-refractivity contribution in [2.24, 2.45) is 0 Å². The van der Waals surface area contributed by atoms with E-state index in [4.69, 9.17) is 4.74 Å². The van der Waals surface area contributed by atoms with Gasteiger partial charge in [0.15, 0.2) is 5.06 Å². The van der Waals surface area contributed by atoms with E-state index in [-0.39, 0.29) is 0 Å². The van der Waals surface area contributed by atoms with Crippen molar-refractivity contribution in [1.82, 2.24) is 0 Å². The minimum absolute atomic E-state index is 0.566. The third-order valence-electron chi connectivity index (χ3n) is 1.32. The molecule has 1 aromatic rings. The van der Waals surface area contributed by atoms with E-state index >= 15 is 0 Å². The molecule has 0 fully saturated rings. The second-order valence-corrected chi connectivity index (χ2v) is 3.12. The van der Waals surface area contributed by atoms with Gasteiger partial charge in [0.1, 0.15) is 6.10 Å². The van der Waals surface area contributed by atoms with E-state index in [1.807, 2.05) is 12.1 Å². The van der Waals surface area contributed by atoms with Crippen LogP contribution in [0.5, 0.6) is 5.06 Å². The fourth-order valence-corrected chi connectivity index (χ4v) is 1.52. The van der Waals surface area contributed by atoms with E-state index in [0.717, 1.165) is 9.94 Å². The van der Waals surface area contributed by atoms with Crippen LogP contribution in [-0.4, -0.2) is 12.2 Å². The lowest BCUT2D eigenvalue weighted by Crippen LogP contribution is -1.85. The van der Waals surface area contributed by atoms with Crippen LogP contribution in [-0.2, 0) is 0 Å². The van der Waals surface area contributed by atoms with E-state index in [1.54, 1.807) is 7.11 Å². The first-order chi connectivity index (χ1) is 5.27. The molecule has 0 aliphatic rings. The van der Waals surface area contributed by atoms with Crippen molar-refractivity contribution >= 4 is 11.3 Å². The molecule has 0 spiro atoms. The van der Waals surface area contributed by atoms with Crippen LogP contribution in [0.3, 0.4) is 0 Å². The first-order valence-electron chi connectivity index (χ1n) is 3.22. The van der Waals surface area contributed by atoms with Gasteiger partial charge in [0.2, 0.25) is 0 Å². The number of methoxy groups -OCH3 is 1. The molecular weight excluding hydrogens is 160 g/mol. The fraction of sp³-hybridized carbons (Fsp3) is 0.250. The van der Waals surface area contributed by atoms with E-state index in [1.165, 1.54) is 17.4 Å². The zero-order valence-electron chi connectivity index (χ0n) is 6.28. The average molecular weight is 170 g/mol. The van der Waals surface area contributed by atoms with Crippen LogP contribution in [0.1, 0.15) is 11.0 Å². The Hall–Kier alpha value is -0.800. The van der Waals surface area contributed by atoms with Gasteiger partial charge < -0.3 is 9.84 Å². The standard InChI is InChI=1S/C8H10O2S/c1-3-6(9)7-4-5-8(10-2)11-7/h3-6,9H,1H2,2H3. The quantitative estimate of drug-likeness (QED) is 0.703. The summed E-state index contributed by atoms with van der Waals surface area (Å²) in [6.45, 7) is 3.49. The van der Waals surface area contributed by atoms with E-state index in [2.05, 4.69) is 6.58 Å². The van der Waals surface area contributed by atoms with Gasteiger partial charge in [0.25, 0.3) is 0 Å². The molecule has 1 unspecified atom stereocenters. The third kappa shape index (κ3) is 1.82. The lowest BCUT2D eigenvalue weighted by Gasteiger charge is -1.98. The predicted molar refractivity (Wildman–Crippen MR) is 46.0 cm³/mol. The van der Waals surface area contributed by atoms with Crippen LogP contribution in [0.4, 0.5) is 0 Å². The smallest absolute Gasteiger partial charge is 0.173 e. The molecule has 0 aromatic carbocycles. The summed E-state index contributed by atoms with van der Waals surface area (Å²) in [5.74, 6) is 0. The summed E-state index contributed by atoms with van der Waals surface area (Å²) in [6, 6.07) is 3.66. The summed E-state index contributed by atoms with van der Waals surface area (Å²) in [7, 11) is 1.61. The molecule has 1 aromatic heterocycles. The maximum absolute atomic E-state index is 9.27. The van der Waals surface area contributed by atoms with Crippen molar-refractivity contribution in [2.45, 2.75) is 6.10 Å². The molecule has 3 heteroatoms. The zero-order valence-corrected chi connectivity index (χ0v) is 7.10. The molecule has 11 heavy (non-hydrogen) atoms. The molecular formula is C8H10O2S. The highest BCUT2D eigenvalue weighted by Crippen LogP contribution is 2.28. The van der Waals surface area contributed by atoms with Gasteiger partial charge >= 0.3 is 0 Å². The molecule has 1 heterocycles. The summed E-state index contributed by atoms with van der Waals surface area (Å²) in [4.78, 5) is 0.858. The second-order valence-electron chi connectivity index (χ2n) is 2.04. The van der Waals surface area contributed by atoms with Crippen LogP contribution in [0.25, 0.3) is 0 Å². The first-order valence-corrected chi connectivity index (χ1v) is 4.04. The van der Waals surface area contributed by atoms with Crippen molar-refractivity contribution in [3.05, 3.63) is 29.7 Å². The Labute approximate surface area is 69.7 Å². The van der Waals surface area contributed by atoms with Gasteiger partial charge in [0, 0.05) is 4.88 Å². The van der Waals surface area contributed by atoms with Crippen LogP contribution >= 0.6 is 11.3 Å². The van der Waals surface area contributed by atoms with Crippen LogP contribution in [0.2, 0.25) is 0 Å². The van der Waals surface area contributed by atoms with Crippen molar-refractivity contribution < 1.29 is 9.84 Å². The molecule has 0 saturated carbocycles. The largest absolute Gasteiger partial charge is 0.487 e. The maximum atomic E-state index is 9.27. The summed E-state index contributed by atoms with van der Waals surface area (Å²) in [5, 5.41) is 10.1. The zero-order chi connectivity index (χ0) is 8.27. The minimum Gasteiger partial charge on any atom is -0.487 e. The number of hydrogen-bond acceptors (Lipinski definition) is 3. The summed E-state index contributed by atoms with van der Waals surface area (Å²) in [5.41, 5.74) is 0. The van der Waals surface area contributed by atoms with Crippen LogP contribution in [0.15, 0.2) is 24.8 Å². The Kier molecular flexibility index (Phi) is 2.68. The summed E-state index contributed by atoms with van der Waals surface area (Å²) >= 11 is 1.42. The number of ether oxygens (including phenoxy) is 1. The van der Waals surface area contributed by atoms with Crippen molar-refractivity contribution in [1.29, 1.82) is 0 Å². The van der Waals surface area contributed by atoms with E-state index < -0.39 is 6.10 Å². The summed E-state index contributed by atoms with van der Waals surface area (Å²) in [6.07, 6.45) is 0.926. The second kappa shape index (κ2) is 3.55. The number of aliphatic hydroxyl groups is 1. The van der Waals surface area contributed by atoms with Gasteiger partial charge in [-0.25, -0.2) is 0 Å². The minimum atomic E-state index is -0.566. The van der Waals surface area contributed by atoms with Gasteiger partial charge in [-0.2, -0.15) is 0 Å². The predicted octanol–water partition coefficient (Wildman–Crippen LogP) is 1.98. The molecule has 0 amide bonds. The summed E-state index contributed by atoms with van der Waals surface area (Å²) < 4.78 is 4.96. The molecule has 1 N–H and O–H groups in total. The topological polar surface area (TPSA) is 29.5 Å². The number of hydrogen-bond donors (Lipinski definition) is 1. The fourth-order valence-electron chi connectivity index (χ4n) is 0.719. The van der Waals surface area contributed by atoms with Crippen molar-refractivity contribution in [2.75, 3.05) is 7.11 Å². The molecule has 1 rings (SSSR count). The van der Waals surface area contributed by atoms with Crippen molar-refractivity contribution in [3.63, 3.8) is 0 Å². The Morgan fingerprint density at radius 3 is 2.91 bits per heavy atom. The van der Waals surface area contributed by atoms with Gasteiger partial charge in [0.05, 0.1) is 7.11 Å². The SMILES string of the molecule is C=CC(O)c1ccc(OC)s1.